The first-order valence-corrected chi connectivity index (χ1v) is 10.9. The van der Waals surface area contributed by atoms with Crippen molar-refractivity contribution in [2.24, 2.45) is 23.8 Å². The largest absolute Gasteiger partial charge is 0.373 e. The fraction of sp³-hybridized carbons (Fsp3) is 0.818. The number of nitrogens with zero attached hydrogens (tertiary/aromatic N) is 4. The van der Waals surface area contributed by atoms with Crippen LogP contribution in [-0.4, -0.2) is 64.4 Å². The molecule has 2 aliphatic heterocycles. The number of carbonyl (C=O) groups excluding carboxylic acids is 1. The fourth-order valence-corrected chi connectivity index (χ4v) is 5.50. The Labute approximate surface area is 169 Å². The molecule has 4 rings (SSSR count). The molecule has 156 valence electrons. The zero-order chi connectivity index (χ0) is 20.1. The average Bonchev–Trinajstić information content (AvgIpc) is 2.93. The van der Waals surface area contributed by atoms with Crippen LogP contribution >= 0.6 is 0 Å². The molecule has 0 N–H and O–H groups in total. The first-order chi connectivity index (χ1) is 13.2. The van der Waals surface area contributed by atoms with Crippen LogP contribution in [0.3, 0.4) is 0 Å². The highest BCUT2D eigenvalue weighted by atomic mass is 16.5. The summed E-state index contributed by atoms with van der Waals surface area (Å²) in [5.41, 5.74) is 1.18. The molecule has 6 heteroatoms. The van der Waals surface area contributed by atoms with E-state index in [1.165, 1.54) is 19.3 Å². The van der Waals surface area contributed by atoms with Gasteiger partial charge in [-0.1, -0.05) is 34.1 Å². The SMILES string of the molecule is Cn1cc([C@H]2[C@H](CN3CCCCC3)OCCN2C(=O)C2C(C)(C)C2(C)C)cn1. The van der Waals surface area contributed by atoms with Crippen LogP contribution in [0.5, 0.6) is 0 Å². The molecule has 3 aliphatic rings. The van der Waals surface area contributed by atoms with Crippen LogP contribution in [-0.2, 0) is 16.6 Å². The second-order valence-corrected chi connectivity index (χ2v) is 10.1. The molecule has 1 aliphatic carbocycles. The summed E-state index contributed by atoms with van der Waals surface area (Å²) < 4.78 is 8.10. The average molecular weight is 389 g/mol. The molecule has 2 saturated heterocycles. The number of morpholine rings is 1. The van der Waals surface area contributed by atoms with Crippen LogP contribution < -0.4 is 0 Å². The molecule has 2 atom stereocenters. The van der Waals surface area contributed by atoms with E-state index in [9.17, 15) is 4.79 Å². The number of hydrogen-bond acceptors (Lipinski definition) is 4. The third-order valence-corrected chi connectivity index (χ3v) is 7.86. The maximum atomic E-state index is 13.6. The minimum Gasteiger partial charge on any atom is -0.373 e. The Morgan fingerprint density at radius 3 is 2.39 bits per heavy atom. The van der Waals surface area contributed by atoms with E-state index in [1.807, 2.05) is 24.1 Å². The number of rotatable bonds is 4. The molecular weight excluding hydrogens is 352 g/mol. The number of likely N-dealkylation sites (tertiary alicyclic amines) is 1. The number of amides is 1. The van der Waals surface area contributed by atoms with Crippen molar-refractivity contribution >= 4 is 5.91 Å². The number of hydrogen-bond donors (Lipinski definition) is 0. The molecule has 3 heterocycles. The van der Waals surface area contributed by atoms with Gasteiger partial charge in [0.05, 0.1) is 24.9 Å². The standard InChI is InChI=1S/C22H36N4O2/c1-21(2)19(22(21,3)4)20(27)26-11-12-28-17(15-25-9-7-6-8-10-25)18(26)16-13-23-24(5)14-16/h13-14,17-19H,6-12,15H2,1-5H3/t17-,18-/m0/s1. The molecule has 3 fully saturated rings. The molecule has 1 saturated carbocycles. The number of piperidine rings is 1. The highest BCUT2D eigenvalue weighted by molar-refractivity contribution is 5.84. The van der Waals surface area contributed by atoms with E-state index in [0.717, 1.165) is 25.2 Å². The third kappa shape index (κ3) is 3.28. The van der Waals surface area contributed by atoms with Gasteiger partial charge in [-0.3, -0.25) is 9.48 Å². The third-order valence-electron chi connectivity index (χ3n) is 7.86. The second kappa shape index (κ2) is 7.13. The van der Waals surface area contributed by atoms with Gasteiger partial charge in [0.2, 0.25) is 5.91 Å². The van der Waals surface area contributed by atoms with Gasteiger partial charge < -0.3 is 14.5 Å². The van der Waals surface area contributed by atoms with Crippen molar-refractivity contribution < 1.29 is 9.53 Å². The molecule has 0 radical (unpaired) electrons. The van der Waals surface area contributed by atoms with Gasteiger partial charge >= 0.3 is 0 Å². The van der Waals surface area contributed by atoms with Crippen LogP contribution in [0.25, 0.3) is 0 Å². The van der Waals surface area contributed by atoms with Crippen molar-refractivity contribution in [3.05, 3.63) is 18.0 Å². The van der Waals surface area contributed by atoms with E-state index < -0.39 is 0 Å². The molecule has 28 heavy (non-hydrogen) atoms. The summed E-state index contributed by atoms with van der Waals surface area (Å²) >= 11 is 0. The Balaban J connectivity index is 1.60. The van der Waals surface area contributed by atoms with Crippen LogP contribution in [0.2, 0.25) is 0 Å². The number of aryl methyl sites for hydroxylation is 1. The summed E-state index contributed by atoms with van der Waals surface area (Å²) in [5, 5.41) is 4.39. The van der Waals surface area contributed by atoms with E-state index in [-0.39, 0.29) is 34.8 Å². The van der Waals surface area contributed by atoms with Gasteiger partial charge in [0.25, 0.3) is 0 Å². The molecule has 6 nitrogen and oxygen atoms in total. The maximum Gasteiger partial charge on any atom is 0.227 e. The second-order valence-electron chi connectivity index (χ2n) is 10.1. The minimum absolute atomic E-state index is 0.00461. The maximum absolute atomic E-state index is 13.6. The van der Waals surface area contributed by atoms with Crippen molar-refractivity contribution in [1.82, 2.24) is 19.6 Å². The van der Waals surface area contributed by atoms with Crippen molar-refractivity contribution in [2.75, 3.05) is 32.8 Å². The summed E-state index contributed by atoms with van der Waals surface area (Å²) in [4.78, 5) is 18.3. The molecule has 1 amide bonds. The van der Waals surface area contributed by atoms with Crippen molar-refractivity contribution in [1.29, 1.82) is 0 Å². The van der Waals surface area contributed by atoms with Gasteiger partial charge in [0, 0.05) is 37.8 Å². The highest BCUT2D eigenvalue weighted by Crippen LogP contribution is 2.69. The normalized spacial score (nSPS) is 30.4. The van der Waals surface area contributed by atoms with Crippen LogP contribution in [0.4, 0.5) is 0 Å². The summed E-state index contributed by atoms with van der Waals surface area (Å²) in [5.74, 6) is 0.365. The molecule has 1 aromatic heterocycles. The topological polar surface area (TPSA) is 50.6 Å². The van der Waals surface area contributed by atoms with Crippen LogP contribution in [0, 0.1) is 16.7 Å². The van der Waals surface area contributed by atoms with E-state index in [0.29, 0.717) is 13.2 Å². The van der Waals surface area contributed by atoms with Crippen molar-refractivity contribution in [2.45, 2.75) is 59.1 Å². The summed E-state index contributed by atoms with van der Waals surface area (Å²) in [6.45, 7) is 13.3. The monoisotopic (exact) mass is 388 g/mol. The van der Waals surface area contributed by atoms with Gasteiger partial charge in [-0.05, 0) is 36.8 Å². The van der Waals surface area contributed by atoms with Gasteiger partial charge in [-0.15, -0.1) is 0 Å². The Bertz CT molecular complexity index is 706. The molecule has 0 aromatic carbocycles. The Hall–Kier alpha value is -1.40. The first-order valence-electron chi connectivity index (χ1n) is 10.9. The van der Waals surface area contributed by atoms with E-state index in [4.69, 9.17) is 4.74 Å². The van der Waals surface area contributed by atoms with Crippen LogP contribution in [0.15, 0.2) is 12.4 Å². The predicted octanol–water partition coefficient (Wildman–Crippen LogP) is 2.86. The van der Waals surface area contributed by atoms with E-state index in [2.05, 4.69) is 42.6 Å². The van der Waals surface area contributed by atoms with Gasteiger partial charge in [-0.2, -0.15) is 5.10 Å². The zero-order valence-corrected chi connectivity index (χ0v) is 18.1. The summed E-state index contributed by atoms with van der Waals surface area (Å²) in [7, 11) is 1.94. The van der Waals surface area contributed by atoms with Crippen LogP contribution in [0.1, 0.15) is 58.6 Å². The number of ether oxygens (including phenoxy) is 1. The van der Waals surface area contributed by atoms with Gasteiger partial charge in [-0.25, -0.2) is 0 Å². The Kier molecular flexibility index (Phi) is 5.07. The molecular formula is C22H36N4O2. The summed E-state index contributed by atoms with van der Waals surface area (Å²) in [6.07, 6.45) is 7.81. The Morgan fingerprint density at radius 2 is 1.82 bits per heavy atom. The molecule has 0 unspecified atom stereocenters. The lowest BCUT2D eigenvalue weighted by Gasteiger charge is -2.43. The zero-order valence-electron chi connectivity index (χ0n) is 18.1. The van der Waals surface area contributed by atoms with E-state index >= 15 is 0 Å². The van der Waals surface area contributed by atoms with Gasteiger partial charge in [0.1, 0.15) is 0 Å². The lowest BCUT2D eigenvalue weighted by atomic mass is 9.98. The summed E-state index contributed by atoms with van der Waals surface area (Å²) in [6, 6.07) is -0.0518. The van der Waals surface area contributed by atoms with Gasteiger partial charge in [0.15, 0.2) is 0 Å². The fourth-order valence-electron chi connectivity index (χ4n) is 5.50. The molecule has 0 bridgehead atoms. The smallest absolute Gasteiger partial charge is 0.227 e. The number of carbonyl (C=O) groups is 1. The van der Waals surface area contributed by atoms with Crippen molar-refractivity contribution in [3.63, 3.8) is 0 Å². The Morgan fingerprint density at radius 1 is 1.14 bits per heavy atom. The minimum atomic E-state index is -0.0518. The predicted molar refractivity (Wildman–Crippen MR) is 109 cm³/mol. The van der Waals surface area contributed by atoms with Crippen molar-refractivity contribution in [3.8, 4) is 0 Å². The molecule has 0 spiro atoms. The van der Waals surface area contributed by atoms with E-state index in [1.54, 1.807) is 0 Å². The lowest BCUT2D eigenvalue weighted by molar-refractivity contribution is -0.151. The lowest BCUT2D eigenvalue weighted by Crippen LogP contribution is -2.53. The highest BCUT2D eigenvalue weighted by Gasteiger charge is 2.69. The quantitative estimate of drug-likeness (QED) is 0.796. The first kappa shape index (κ1) is 19.9. The molecule has 1 aromatic rings. The number of aromatic nitrogens is 2.